The third kappa shape index (κ3) is 5.57. The number of halogens is 2. The minimum atomic E-state index is -4.10. The zero-order valence-corrected chi connectivity index (χ0v) is 21.1. The molecule has 11 heteroatoms. The van der Waals surface area contributed by atoms with Crippen LogP contribution in [0, 0.1) is 5.82 Å². The fourth-order valence-electron chi connectivity index (χ4n) is 3.36. The molecule has 0 saturated carbocycles. The van der Waals surface area contributed by atoms with Crippen LogP contribution in [0.5, 0.6) is 0 Å². The van der Waals surface area contributed by atoms with Crippen LogP contribution >= 0.6 is 22.9 Å². The van der Waals surface area contributed by atoms with Gasteiger partial charge in [-0.25, -0.2) is 22.5 Å². The number of anilines is 3. The molecule has 0 fully saturated rings. The normalized spacial score (nSPS) is 12.0. The lowest BCUT2D eigenvalue weighted by Gasteiger charge is -2.23. The molecule has 0 aliphatic rings. The van der Waals surface area contributed by atoms with Gasteiger partial charge in [0.1, 0.15) is 16.5 Å². The summed E-state index contributed by atoms with van der Waals surface area (Å²) >= 11 is 7.21. The molecule has 2 aromatic heterocycles. The van der Waals surface area contributed by atoms with Crippen LogP contribution in [-0.4, -0.2) is 23.2 Å². The van der Waals surface area contributed by atoms with Crippen molar-refractivity contribution in [3.63, 3.8) is 0 Å². The molecule has 34 heavy (non-hydrogen) atoms. The molecule has 0 saturated heterocycles. The second-order valence-corrected chi connectivity index (χ2v) is 11.6. The molecule has 0 spiro atoms. The third-order valence-electron chi connectivity index (χ3n) is 4.82. The van der Waals surface area contributed by atoms with Crippen molar-refractivity contribution in [1.29, 1.82) is 0 Å². The summed E-state index contributed by atoms with van der Waals surface area (Å²) in [5.74, 6) is -0.226. The van der Waals surface area contributed by atoms with Crippen molar-refractivity contribution in [2.75, 3.05) is 10.0 Å². The van der Waals surface area contributed by atoms with Crippen LogP contribution in [0.2, 0.25) is 5.02 Å². The maximum Gasteiger partial charge on any atom is 0.266 e. The quantitative estimate of drug-likeness (QED) is 0.311. The summed E-state index contributed by atoms with van der Waals surface area (Å²) < 4.78 is 44.0. The lowest BCUT2D eigenvalue weighted by Crippen LogP contribution is -2.24. The molecule has 178 valence electrons. The van der Waals surface area contributed by atoms with E-state index in [0.717, 1.165) is 28.7 Å². The lowest BCUT2D eigenvalue weighted by atomic mass is 10.1. The van der Waals surface area contributed by atoms with E-state index in [0.29, 0.717) is 22.9 Å². The minimum absolute atomic E-state index is 0.169. The van der Waals surface area contributed by atoms with Crippen LogP contribution in [0.25, 0.3) is 0 Å². The summed E-state index contributed by atoms with van der Waals surface area (Å²) in [6.45, 7) is 6.03. The van der Waals surface area contributed by atoms with E-state index in [4.69, 9.17) is 16.7 Å². The van der Waals surface area contributed by atoms with Gasteiger partial charge in [0.2, 0.25) is 0 Å². The van der Waals surface area contributed by atoms with Crippen molar-refractivity contribution in [3.8, 4) is 0 Å². The Hall–Kier alpha value is -2.95. The van der Waals surface area contributed by atoms with Crippen LogP contribution < -0.4 is 10.0 Å². The van der Waals surface area contributed by atoms with E-state index in [1.54, 1.807) is 5.38 Å². The first-order valence-electron chi connectivity index (χ1n) is 10.3. The Morgan fingerprint density at radius 3 is 2.59 bits per heavy atom. The van der Waals surface area contributed by atoms with Gasteiger partial charge in [-0.1, -0.05) is 23.7 Å². The molecule has 7 nitrogen and oxygen atoms in total. The first kappa shape index (κ1) is 24.2. The molecule has 4 rings (SSSR count). The summed E-state index contributed by atoms with van der Waals surface area (Å²) in [7, 11) is -4.10. The van der Waals surface area contributed by atoms with Crippen molar-refractivity contribution in [1.82, 2.24) is 14.8 Å². The highest BCUT2D eigenvalue weighted by Gasteiger charge is 2.23. The van der Waals surface area contributed by atoms with Crippen LogP contribution in [0.15, 0.2) is 65.0 Å². The molecule has 0 atom stereocenters. The maximum absolute atomic E-state index is 14.8. The highest BCUT2D eigenvalue weighted by atomic mass is 35.5. The largest absolute Gasteiger partial charge is 0.340 e. The first-order valence-corrected chi connectivity index (χ1v) is 13.1. The van der Waals surface area contributed by atoms with E-state index in [1.165, 1.54) is 18.3 Å². The van der Waals surface area contributed by atoms with Gasteiger partial charge in [0, 0.05) is 34.8 Å². The Morgan fingerprint density at radius 2 is 1.94 bits per heavy atom. The zero-order chi connectivity index (χ0) is 24.5. The molecule has 0 radical (unpaired) electrons. The van der Waals surface area contributed by atoms with Gasteiger partial charge in [0.05, 0.1) is 11.2 Å². The van der Waals surface area contributed by atoms with Crippen molar-refractivity contribution >= 4 is 49.6 Å². The van der Waals surface area contributed by atoms with Gasteiger partial charge < -0.3 is 5.32 Å². The number of rotatable bonds is 7. The second kappa shape index (κ2) is 9.36. The molecule has 2 N–H and O–H groups in total. The average molecular weight is 520 g/mol. The van der Waals surface area contributed by atoms with Gasteiger partial charge in [-0.05, 0) is 56.7 Å². The molecule has 2 heterocycles. The molecular formula is C23H23ClFN5O2S2. The predicted molar refractivity (Wildman–Crippen MR) is 134 cm³/mol. The van der Waals surface area contributed by atoms with Crippen molar-refractivity contribution < 1.29 is 12.8 Å². The Bertz CT molecular complexity index is 1410. The topological polar surface area (TPSA) is 88.9 Å². The van der Waals surface area contributed by atoms with E-state index < -0.39 is 20.7 Å². The van der Waals surface area contributed by atoms with Crippen molar-refractivity contribution in [2.45, 2.75) is 37.6 Å². The molecule has 0 amide bonds. The highest BCUT2D eigenvalue weighted by molar-refractivity contribution is 7.93. The molecular weight excluding hydrogens is 497 g/mol. The molecule has 0 aliphatic carbocycles. The van der Waals surface area contributed by atoms with E-state index in [9.17, 15) is 12.8 Å². The van der Waals surface area contributed by atoms with Gasteiger partial charge >= 0.3 is 0 Å². The SMILES string of the molecule is CC(C)(C)n1nc(Cc2cccc(Cl)c2)cc1Nc1ccc(S(=O)(=O)Nc2nccs2)c(F)c1. The van der Waals surface area contributed by atoms with Gasteiger partial charge in [-0.3, -0.25) is 4.72 Å². The molecule has 0 unspecified atom stereocenters. The molecule has 4 aromatic rings. The molecule has 0 bridgehead atoms. The average Bonchev–Trinajstić information content (AvgIpc) is 3.37. The van der Waals surface area contributed by atoms with Gasteiger partial charge in [-0.2, -0.15) is 5.10 Å². The van der Waals surface area contributed by atoms with Crippen molar-refractivity contribution in [3.05, 3.63) is 82.2 Å². The third-order valence-corrected chi connectivity index (χ3v) is 7.24. The number of nitrogens with one attached hydrogen (secondary N) is 2. The second-order valence-electron chi connectivity index (χ2n) is 8.62. The fourth-order valence-corrected chi connectivity index (χ4v) is 5.42. The van der Waals surface area contributed by atoms with E-state index in [2.05, 4.69) is 15.0 Å². The summed E-state index contributed by atoms with van der Waals surface area (Å²) in [5.41, 5.74) is 1.87. The van der Waals surface area contributed by atoms with E-state index in [-0.39, 0.29) is 10.7 Å². The monoisotopic (exact) mass is 519 g/mol. The number of nitrogens with zero attached hydrogens (tertiary/aromatic N) is 3. The van der Waals surface area contributed by atoms with Crippen molar-refractivity contribution in [2.24, 2.45) is 0 Å². The minimum Gasteiger partial charge on any atom is -0.340 e. The number of thiazole rings is 1. The smallest absolute Gasteiger partial charge is 0.266 e. The Labute approximate surface area is 206 Å². The highest BCUT2D eigenvalue weighted by Crippen LogP contribution is 2.28. The Kier molecular flexibility index (Phi) is 6.66. The standard InChI is InChI=1S/C23H23ClFN5O2S2/c1-23(2,3)30-21(14-18(28-30)12-15-5-4-6-16(24)11-15)27-17-7-8-20(19(25)13-17)34(31,32)29-22-26-9-10-33-22/h4-11,13-14,27H,12H2,1-3H3,(H,26,29). The predicted octanol–water partition coefficient (Wildman–Crippen LogP) is 6.02. The van der Waals surface area contributed by atoms with Gasteiger partial charge in [0.25, 0.3) is 10.0 Å². The first-order chi connectivity index (χ1) is 16.0. The Balaban J connectivity index is 1.60. The number of benzene rings is 2. The van der Waals surface area contributed by atoms with Gasteiger partial charge in [-0.15, -0.1) is 11.3 Å². The van der Waals surface area contributed by atoms with E-state index in [1.807, 2.05) is 55.8 Å². The summed E-state index contributed by atoms with van der Waals surface area (Å²) in [4.78, 5) is 3.42. The summed E-state index contributed by atoms with van der Waals surface area (Å²) in [5, 5.41) is 10.3. The number of hydrogen-bond donors (Lipinski definition) is 2. The van der Waals surface area contributed by atoms with Gasteiger partial charge in [0.15, 0.2) is 5.13 Å². The van der Waals surface area contributed by atoms with E-state index >= 15 is 0 Å². The summed E-state index contributed by atoms with van der Waals surface area (Å²) in [6.07, 6.45) is 2.04. The zero-order valence-electron chi connectivity index (χ0n) is 18.7. The van der Waals surface area contributed by atoms with Crippen LogP contribution in [0.4, 0.5) is 21.0 Å². The molecule has 0 aliphatic heterocycles. The number of hydrogen-bond acceptors (Lipinski definition) is 6. The Morgan fingerprint density at radius 1 is 1.15 bits per heavy atom. The fraction of sp³-hybridized carbons (Fsp3) is 0.217. The van der Waals surface area contributed by atoms with Crippen LogP contribution in [0.3, 0.4) is 0 Å². The lowest BCUT2D eigenvalue weighted by molar-refractivity contribution is 0.359. The summed E-state index contributed by atoms with van der Waals surface area (Å²) in [6, 6.07) is 13.3. The molecule has 2 aromatic carbocycles. The number of aromatic nitrogens is 3. The maximum atomic E-state index is 14.8. The van der Waals surface area contributed by atoms with Crippen LogP contribution in [0.1, 0.15) is 32.0 Å². The number of sulfonamides is 1. The van der Waals surface area contributed by atoms with Crippen LogP contribution in [-0.2, 0) is 22.0 Å².